The summed E-state index contributed by atoms with van der Waals surface area (Å²) < 4.78 is 7.79. The summed E-state index contributed by atoms with van der Waals surface area (Å²) in [5.74, 6) is 2.33. The lowest BCUT2D eigenvalue weighted by Crippen LogP contribution is -2.54. The van der Waals surface area contributed by atoms with Crippen LogP contribution in [0.15, 0.2) is 41.2 Å². The number of hydrogen-bond donors (Lipinski definition) is 2. The predicted molar refractivity (Wildman–Crippen MR) is 179 cm³/mol. The number of benzene rings is 2. The third-order valence-corrected chi connectivity index (χ3v) is 10.1. The molecular weight excluding hydrogens is 606 g/mol. The zero-order valence-corrected chi connectivity index (χ0v) is 27.0. The molecular formula is C34H42ClN7O4. The number of nitrogens with one attached hydrogen (secondary N) is 1. The summed E-state index contributed by atoms with van der Waals surface area (Å²) in [6.45, 7) is 6.20. The number of carbonyl (C=O) groups excluding carboxylic acids is 2. The number of likely N-dealkylation sites (N-methyl/N-ethyl adjacent to an activating group) is 1. The number of carbonyl (C=O) groups is 2. The monoisotopic (exact) mass is 647 g/mol. The van der Waals surface area contributed by atoms with Gasteiger partial charge < -0.3 is 30.2 Å². The van der Waals surface area contributed by atoms with E-state index in [1.807, 2.05) is 29.2 Å². The molecule has 3 N–H and O–H groups in total. The second kappa shape index (κ2) is 13.8. The van der Waals surface area contributed by atoms with Crippen LogP contribution in [0.25, 0.3) is 11.0 Å². The van der Waals surface area contributed by atoms with Crippen LogP contribution >= 0.6 is 11.6 Å². The van der Waals surface area contributed by atoms with Crippen LogP contribution in [0.3, 0.4) is 0 Å². The number of terminal acetylenes is 1. The van der Waals surface area contributed by atoms with Gasteiger partial charge in [-0.3, -0.25) is 14.3 Å². The Balaban J connectivity index is 1.14. The topological polar surface area (TPSA) is 120 Å². The van der Waals surface area contributed by atoms with Gasteiger partial charge in [0.1, 0.15) is 0 Å². The molecule has 3 fully saturated rings. The normalized spacial score (nSPS) is 19.7. The first-order chi connectivity index (χ1) is 22.2. The van der Waals surface area contributed by atoms with Gasteiger partial charge in [0.25, 0.3) is 5.91 Å². The van der Waals surface area contributed by atoms with Crippen molar-refractivity contribution in [2.75, 3.05) is 65.1 Å². The number of anilines is 1. The molecule has 3 aliphatic heterocycles. The second-order valence-corrected chi connectivity index (χ2v) is 13.1. The van der Waals surface area contributed by atoms with E-state index < -0.39 is 12.2 Å². The van der Waals surface area contributed by atoms with Crippen LogP contribution < -0.4 is 11.4 Å². The number of piperazine rings is 1. The number of halogens is 1. The number of imidazole rings is 1. The molecule has 1 atom stereocenters. The van der Waals surface area contributed by atoms with Gasteiger partial charge in [0.15, 0.2) is 6.10 Å². The number of aromatic nitrogens is 2. The molecule has 3 aromatic rings. The average Bonchev–Trinajstić information content (AvgIpc) is 3.41. The number of fused-ring (bicyclic) bond motifs is 1. The maximum atomic E-state index is 14.0. The molecule has 3 saturated heterocycles. The van der Waals surface area contributed by atoms with Gasteiger partial charge in [-0.05, 0) is 62.6 Å². The molecule has 244 valence electrons. The number of aromatic amines is 1. The fourth-order valence-electron chi connectivity index (χ4n) is 7.09. The van der Waals surface area contributed by atoms with E-state index in [4.69, 9.17) is 28.5 Å². The lowest BCUT2D eigenvalue weighted by atomic mass is 9.99. The summed E-state index contributed by atoms with van der Waals surface area (Å²) >= 11 is 6.37. The van der Waals surface area contributed by atoms with E-state index in [1.54, 1.807) is 21.6 Å². The Hall–Kier alpha value is -3.98. The van der Waals surface area contributed by atoms with Crippen molar-refractivity contribution in [3.63, 3.8) is 0 Å². The molecule has 0 aliphatic carbocycles. The maximum Gasteiger partial charge on any atom is 0.410 e. The SMILES string of the molecule is C#Cc1cc(C[C@@H](OC(=O)N2CCC(n3c(=O)[nH]c4ccccc43)CC2)C(=O)N2CCC(N3CCN(C)CC3)CC2)cc(Cl)c1N. The highest BCUT2D eigenvalue weighted by molar-refractivity contribution is 6.33. The lowest BCUT2D eigenvalue weighted by Gasteiger charge is -2.42. The van der Waals surface area contributed by atoms with Gasteiger partial charge in [0.05, 0.1) is 21.7 Å². The molecule has 46 heavy (non-hydrogen) atoms. The minimum Gasteiger partial charge on any atom is -0.436 e. The van der Waals surface area contributed by atoms with E-state index in [9.17, 15) is 14.4 Å². The lowest BCUT2D eigenvalue weighted by molar-refractivity contribution is -0.142. The number of ether oxygens (including phenoxy) is 1. The minimum absolute atomic E-state index is 0.0502. The third kappa shape index (κ3) is 6.75. The summed E-state index contributed by atoms with van der Waals surface area (Å²) in [5.41, 5.74) is 8.94. The van der Waals surface area contributed by atoms with Crippen molar-refractivity contribution in [1.29, 1.82) is 0 Å². The first kappa shape index (κ1) is 32.0. The van der Waals surface area contributed by atoms with E-state index in [2.05, 4.69) is 27.8 Å². The molecule has 2 amide bonds. The van der Waals surface area contributed by atoms with E-state index in [-0.39, 0.29) is 24.1 Å². The van der Waals surface area contributed by atoms with Crippen molar-refractivity contribution in [3.8, 4) is 12.3 Å². The van der Waals surface area contributed by atoms with Crippen molar-refractivity contribution in [2.24, 2.45) is 0 Å². The van der Waals surface area contributed by atoms with Crippen LogP contribution in [0.1, 0.15) is 42.9 Å². The molecule has 0 saturated carbocycles. The summed E-state index contributed by atoms with van der Waals surface area (Å²) in [4.78, 5) is 51.5. The Morgan fingerprint density at radius 3 is 2.35 bits per heavy atom. The number of para-hydroxylation sites is 2. The minimum atomic E-state index is -1.05. The molecule has 2 aromatic carbocycles. The largest absolute Gasteiger partial charge is 0.436 e. The summed E-state index contributed by atoms with van der Waals surface area (Å²) in [6, 6.07) is 11.4. The third-order valence-electron chi connectivity index (χ3n) is 9.83. The first-order valence-electron chi connectivity index (χ1n) is 16.1. The number of H-pyrrole nitrogens is 1. The highest BCUT2D eigenvalue weighted by atomic mass is 35.5. The van der Waals surface area contributed by atoms with Gasteiger partial charge in [-0.15, -0.1) is 6.42 Å². The van der Waals surface area contributed by atoms with Crippen molar-refractivity contribution < 1.29 is 14.3 Å². The highest BCUT2D eigenvalue weighted by Crippen LogP contribution is 2.28. The molecule has 6 rings (SSSR count). The van der Waals surface area contributed by atoms with E-state index >= 15 is 0 Å². The number of hydrogen-bond acceptors (Lipinski definition) is 7. The van der Waals surface area contributed by atoms with Crippen LogP contribution in [0.4, 0.5) is 10.5 Å². The van der Waals surface area contributed by atoms with Crippen molar-refractivity contribution >= 4 is 40.3 Å². The van der Waals surface area contributed by atoms with Crippen molar-refractivity contribution in [3.05, 3.63) is 63.0 Å². The Morgan fingerprint density at radius 2 is 1.65 bits per heavy atom. The molecule has 1 aromatic heterocycles. The molecule has 0 unspecified atom stereocenters. The van der Waals surface area contributed by atoms with Gasteiger partial charge in [0, 0.05) is 76.4 Å². The van der Waals surface area contributed by atoms with Crippen molar-refractivity contribution in [2.45, 2.75) is 50.3 Å². The van der Waals surface area contributed by atoms with Crippen LogP contribution in [0.5, 0.6) is 0 Å². The molecule has 3 aliphatic rings. The summed E-state index contributed by atoms with van der Waals surface area (Å²) in [7, 11) is 2.15. The number of nitrogens with zero attached hydrogens (tertiary/aromatic N) is 5. The fourth-order valence-corrected chi connectivity index (χ4v) is 7.33. The van der Waals surface area contributed by atoms with Gasteiger partial charge in [-0.25, -0.2) is 9.59 Å². The Morgan fingerprint density at radius 1 is 1.00 bits per heavy atom. The number of nitrogen functional groups attached to an aromatic ring is 1. The number of rotatable bonds is 6. The van der Waals surface area contributed by atoms with E-state index in [0.717, 1.165) is 50.1 Å². The number of likely N-dealkylation sites (tertiary alicyclic amines) is 2. The maximum absolute atomic E-state index is 14.0. The predicted octanol–water partition coefficient (Wildman–Crippen LogP) is 3.17. The zero-order valence-electron chi connectivity index (χ0n) is 26.3. The summed E-state index contributed by atoms with van der Waals surface area (Å²) in [6.07, 6.45) is 7.13. The van der Waals surface area contributed by atoms with Crippen LogP contribution in [0, 0.1) is 12.3 Å². The fraction of sp³-hybridized carbons (Fsp3) is 0.500. The van der Waals surface area contributed by atoms with Gasteiger partial charge >= 0.3 is 11.8 Å². The van der Waals surface area contributed by atoms with Crippen molar-refractivity contribution in [1.82, 2.24) is 29.2 Å². The molecule has 12 heteroatoms. The van der Waals surface area contributed by atoms with Gasteiger partial charge in [-0.1, -0.05) is 29.7 Å². The Bertz CT molecular complexity index is 1670. The molecule has 0 radical (unpaired) electrons. The number of amides is 2. The van der Waals surface area contributed by atoms with E-state index in [1.165, 1.54) is 0 Å². The molecule has 0 bridgehead atoms. The smallest absolute Gasteiger partial charge is 0.410 e. The van der Waals surface area contributed by atoms with Crippen LogP contribution in [0.2, 0.25) is 5.02 Å². The second-order valence-electron chi connectivity index (χ2n) is 12.7. The number of piperidine rings is 2. The molecule has 11 nitrogen and oxygen atoms in total. The Labute approximate surface area is 274 Å². The number of nitrogens with two attached hydrogens (primary N) is 1. The zero-order chi connectivity index (χ0) is 32.4. The van der Waals surface area contributed by atoms with Crippen LogP contribution in [-0.4, -0.2) is 113 Å². The average molecular weight is 648 g/mol. The molecule has 0 spiro atoms. The standard InChI is InChI=1S/C34H42ClN7O4/c1-3-24-20-23(21-27(35)31(24)36)22-30(32(43)40-12-8-25(9-13-40)39-18-16-38(2)17-19-39)46-34(45)41-14-10-26(11-15-41)42-29-7-5-4-6-28(29)37-33(42)44/h1,4-7,20-21,25-26,30H,8-19,22,36H2,2H3,(H,37,44)/t30-/m1/s1. The van der Waals surface area contributed by atoms with Crippen LogP contribution in [-0.2, 0) is 16.0 Å². The Kier molecular flexibility index (Phi) is 9.59. The first-order valence-corrected chi connectivity index (χ1v) is 16.5. The van der Waals surface area contributed by atoms with E-state index in [0.29, 0.717) is 66.9 Å². The van der Waals surface area contributed by atoms with Gasteiger partial charge in [-0.2, -0.15) is 0 Å². The molecule has 4 heterocycles. The quantitative estimate of drug-likeness (QED) is 0.312. The summed E-state index contributed by atoms with van der Waals surface area (Å²) in [5, 5.41) is 0.297. The van der Waals surface area contributed by atoms with Gasteiger partial charge in [0.2, 0.25) is 0 Å². The highest BCUT2D eigenvalue weighted by Gasteiger charge is 2.35.